The average Bonchev–Trinajstić information content (AvgIpc) is 2.39. The van der Waals surface area contributed by atoms with Crippen molar-refractivity contribution >= 4 is 11.7 Å². The van der Waals surface area contributed by atoms with Gasteiger partial charge >= 0.3 is 0 Å². The highest BCUT2D eigenvalue weighted by atomic mass is 16.1. The van der Waals surface area contributed by atoms with E-state index in [1.165, 1.54) is 0 Å². The van der Waals surface area contributed by atoms with E-state index < -0.39 is 0 Å². The molecule has 92 valence electrons. The standard InChI is InChI=1S/C11H17N5O/c1-9(11(12)17)15-4-6-16(7-5-15)10-8-13-2-3-14-10/h2-3,8-9H,4-7H2,1H3,(H2,12,17)/t9-/m1/s1. The third-order valence-corrected chi connectivity index (χ3v) is 3.15. The second-order valence-electron chi connectivity index (χ2n) is 4.16. The Bertz CT molecular complexity index is 375. The SMILES string of the molecule is C[C@H](C(N)=O)N1CCN(c2cnccn2)CC1. The number of amides is 1. The third kappa shape index (κ3) is 2.71. The topological polar surface area (TPSA) is 75.4 Å². The highest BCUT2D eigenvalue weighted by Crippen LogP contribution is 2.12. The third-order valence-electron chi connectivity index (χ3n) is 3.15. The van der Waals surface area contributed by atoms with Gasteiger partial charge in [0, 0.05) is 38.6 Å². The average molecular weight is 235 g/mol. The van der Waals surface area contributed by atoms with Crippen LogP contribution in [-0.2, 0) is 4.79 Å². The summed E-state index contributed by atoms with van der Waals surface area (Å²) < 4.78 is 0. The van der Waals surface area contributed by atoms with E-state index in [1.54, 1.807) is 18.6 Å². The maximum atomic E-state index is 11.1. The first kappa shape index (κ1) is 11.8. The van der Waals surface area contributed by atoms with Gasteiger partial charge in [-0.2, -0.15) is 0 Å². The van der Waals surface area contributed by atoms with Gasteiger partial charge in [-0.15, -0.1) is 0 Å². The first-order valence-corrected chi connectivity index (χ1v) is 5.73. The summed E-state index contributed by atoms with van der Waals surface area (Å²) in [5, 5.41) is 0. The van der Waals surface area contributed by atoms with Gasteiger partial charge in [0.25, 0.3) is 0 Å². The number of piperazine rings is 1. The second-order valence-corrected chi connectivity index (χ2v) is 4.16. The zero-order valence-electron chi connectivity index (χ0n) is 9.91. The fourth-order valence-electron chi connectivity index (χ4n) is 1.97. The van der Waals surface area contributed by atoms with Crippen molar-refractivity contribution in [2.45, 2.75) is 13.0 Å². The fourth-order valence-corrected chi connectivity index (χ4v) is 1.97. The zero-order chi connectivity index (χ0) is 12.3. The van der Waals surface area contributed by atoms with Crippen LogP contribution >= 0.6 is 0 Å². The van der Waals surface area contributed by atoms with E-state index in [1.807, 2.05) is 6.92 Å². The lowest BCUT2D eigenvalue weighted by atomic mass is 10.2. The van der Waals surface area contributed by atoms with E-state index in [-0.39, 0.29) is 11.9 Å². The van der Waals surface area contributed by atoms with Gasteiger partial charge in [-0.1, -0.05) is 0 Å². The van der Waals surface area contributed by atoms with Crippen LogP contribution < -0.4 is 10.6 Å². The number of aromatic nitrogens is 2. The van der Waals surface area contributed by atoms with Crippen molar-refractivity contribution in [3.8, 4) is 0 Å². The summed E-state index contributed by atoms with van der Waals surface area (Å²) in [5.41, 5.74) is 5.30. The first-order chi connectivity index (χ1) is 8.18. The molecule has 0 saturated carbocycles. The van der Waals surface area contributed by atoms with Crippen LogP contribution in [-0.4, -0.2) is 53.0 Å². The van der Waals surface area contributed by atoms with Crippen LogP contribution in [0.15, 0.2) is 18.6 Å². The summed E-state index contributed by atoms with van der Waals surface area (Å²) in [6, 6.07) is -0.195. The number of hydrogen-bond donors (Lipinski definition) is 1. The van der Waals surface area contributed by atoms with Gasteiger partial charge in [-0.3, -0.25) is 14.7 Å². The Hall–Kier alpha value is -1.69. The van der Waals surface area contributed by atoms with Crippen LogP contribution in [0.2, 0.25) is 0 Å². The molecule has 6 heteroatoms. The zero-order valence-corrected chi connectivity index (χ0v) is 9.91. The molecule has 0 aliphatic carbocycles. The van der Waals surface area contributed by atoms with E-state index in [4.69, 9.17) is 5.73 Å². The molecule has 1 aromatic heterocycles. The van der Waals surface area contributed by atoms with E-state index >= 15 is 0 Å². The van der Waals surface area contributed by atoms with Crippen molar-refractivity contribution in [2.24, 2.45) is 5.73 Å². The first-order valence-electron chi connectivity index (χ1n) is 5.73. The van der Waals surface area contributed by atoms with Crippen LogP contribution in [0.4, 0.5) is 5.82 Å². The molecule has 0 bridgehead atoms. The van der Waals surface area contributed by atoms with E-state index in [2.05, 4.69) is 19.8 Å². The molecule has 2 heterocycles. The van der Waals surface area contributed by atoms with E-state index in [0.29, 0.717) is 0 Å². The van der Waals surface area contributed by atoms with Gasteiger partial charge in [0.1, 0.15) is 5.82 Å². The molecule has 0 unspecified atom stereocenters. The van der Waals surface area contributed by atoms with E-state index in [9.17, 15) is 4.79 Å². The Morgan fingerprint density at radius 1 is 1.35 bits per heavy atom. The Morgan fingerprint density at radius 2 is 2.06 bits per heavy atom. The van der Waals surface area contributed by atoms with Crippen LogP contribution in [0, 0.1) is 0 Å². The molecule has 2 N–H and O–H groups in total. The largest absolute Gasteiger partial charge is 0.368 e. The highest BCUT2D eigenvalue weighted by Gasteiger charge is 2.24. The number of hydrogen-bond acceptors (Lipinski definition) is 5. The number of primary amides is 1. The van der Waals surface area contributed by atoms with E-state index in [0.717, 1.165) is 32.0 Å². The van der Waals surface area contributed by atoms with Crippen molar-refractivity contribution in [1.82, 2.24) is 14.9 Å². The normalized spacial score (nSPS) is 19.0. The quantitative estimate of drug-likeness (QED) is 0.762. The van der Waals surface area contributed by atoms with Crippen LogP contribution in [0.1, 0.15) is 6.92 Å². The minimum absolute atomic E-state index is 0.195. The number of carbonyl (C=O) groups excluding carboxylic acids is 1. The molecule has 1 fully saturated rings. The molecule has 1 saturated heterocycles. The Balaban J connectivity index is 1.93. The summed E-state index contributed by atoms with van der Waals surface area (Å²) >= 11 is 0. The molecule has 1 aromatic rings. The molecule has 1 amide bonds. The van der Waals surface area contributed by atoms with Crippen molar-refractivity contribution < 1.29 is 4.79 Å². The maximum absolute atomic E-state index is 11.1. The summed E-state index contributed by atoms with van der Waals surface area (Å²) in [6.07, 6.45) is 5.11. The van der Waals surface area contributed by atoms with Crippen LogP contribution in [0.5, 0.6) is 0 Å². The minimum Gasteiger partial charge on any atom is -0.368 e. The maximum Gasteiger partial charge on any atom is 0.234 e. The minimum atomic E-state index is -0.266. The lowest BCUT2D eigenvalue weighted by Crippen LogP contribution is -2.53. The monoisotopic (exact) mass is 235 g/mol. The predicted molar refractivity (Wildman–Crippen MR) is 64.5 cm³/mol. The molecule has 1 atom stereocenters. The molecule has 2 rings (SSSR count). The van der Waals surface area contributed by atoms with Gasteiger partial charge < -0.3 is 10.6 Å². The summed E-state index contributed by atoms with van der Waals surface area (Å²) in [6.45, 7) is 5.17. The summed E-state index contributed by atoms with van der Waals surface area (Å²) in [7, 11) is 0. The number of carbonyl (C=O) groups is 1. The number of anilines is 1. The number of nitrogens with zero attached hydrogens (tertiary/aromatic N) is 4. The van der Waals surface area contributed by atoms with Crippen molar-refractivity contribution in [2.75, 3.05) is 31.1 Å². The lowest BCUT2D eigenvalue weighted by molar-refractivity contribution is -0.122. The van der Waals surface area contributed by atoms with Crippen molar-refractivity contribution in [1.29, 1.82) is 0 Å². The smallest absolute Gasteiger partial charge is 0.234 e. The van der Waals surface area contributed by atoms with Gasteiger partial charge in [0.15, 0.2) is 0 Å². The summed E-state index contributed by atoms with van der Waals surface area (Å²) in [4.78, 5) is 23.7. The molecular weight excluding hydrogens is 218 g/mol. The Labute approximate surface area is 100 Å². The molecule has 17 heavy (non-hydrogen) atoms. The molecular formula is C11H17N5O. The molecule has 1 aliphatic heterocycles. The van der Waals surface area contributed by atoms with Gasteiger partial charge in [0.2, 0.25) is 5.91 Å². The molecule has 0 spiro atoms. The fraction of sp³-hybridized carbons (Fsp3) is 0.545. The molecule has 1 aliphatic rings. The highest BCUT2D eigenvalue weighted by molar-refractivity contribution is 5.79. The van der Waals surface area contributed by atoms with Crippen molar-refractivity contribution in [3.05, 3.63) is 18.6 Å². The number of rotatable bonds is 3. The summed E-state index contributed by atoms with van der Waals surface area (Å²) in [5.74, 6) is 0.622. The second kappa shape index (κ2) is 5.09. The van der Waals surface area contributed by atoms with Crippen LogP contribution in [0.25, 0.3) is 0 Å². The van der Waals surface area contributed by atoms with Crippen LogP contribution in [0.3, 0.4) is 0 Å². The number of nitrogens with two attached hydrogens (primary N) is 1. The lowest BCUT2D eigenvalue weighted by Gasteiger charge is -2.37. The molecule has 6 nitrogen and oxygen atoms in total. The van der Waals surface area contributed by atoms with Gasteiger partial charge in [0.05, 0.1) is 12.2 Å². The Kier molecular flexibility index (Phi) is 3.53. The van der Waals surface area contributed by atoms with Gasteiger partial charge in [-0.25, -0.2) is 4.98 Å². The Morgan fingerprint density at radius 3 is 2.59 bits per heavy atom. The van der Waals surface area contributed by atoms with Crippen molar-refractivity contribution in [3.63, 3.8) is 0 Å². The van der Waals surface area contributed by atoms with Gasteiger partial charge in [-0.05, 0) is 6.92 Å². The predicted octanol–water partition coefficient (Wildman–Crippen LogP) is -0.528. The molecule has 0 aromatic carbocycles. The molecule has 0 radical (unpaired) electrons.